The summed E-state index contributed by atoms with van der Waals surface area (Å²) >= 11 is 0. The Kier molecular flexibility index (Phi) is 7.31. The minimum absolute atomic E-state index is 0.0691. The Labute approximate surface area is 175 Å². The highest BCUT2D eigenvalue weighted by Crippen LogP contribution is 2.29. The summed E-state index contributed by atoms with van der Waals surface area (Å²) in [5.41, 5.74) is 2.02. The van der Waals surface area contributed by atoms with E-state index in [0.29, 0.717) is 16.7 Å². The average molecular weight is 443 g/mol. The normalized spacial score (nSPS) is 12.1. The zero-order valence-corrected chi connectivity index (χ0v) is 18.1. The molecule has 0 aromatic heterocycles. The molecule has 2 aromatic carbocycles. The molecule has 0 atom stereocenters. The molecule has 0 saturated carbocycles. The number of sulfonamides is 1. The molecule has 0 aliphatic rings. The van der Waals surface area contributed by atoms with Crippen LogP contribution in [0, 0.1) is 20.8 Å². The molecule has 1 N–H and O–H groups in total. The first kappa shape index (κ1) is 23.9. The Morgan fingerprint density at radius 2 is 1.57 bits per heavy atom. The molecule has 0 radical (unpaired) electrons. The highest BCUT2D eigenvalue weighted by Gasteiger charge is 2.30. The molecule has 5 nitrogen and oxygen atoms in total. The number of halogens is 3. The van der Waals surface area contributed by atoms with Gasteiger partial charge in [-0.1, -0.05) is 29.8 Å². The molecule has 9 heteroatoms. The topological polar surface area (TPSA) is 66.5 Å². The molecule has 1 amide bonds. The highest BCUT2D eigenvalue weighted by atomic mass is 32.2. The maximum absolute atomic E-state index is 12.6. The Bertz CT molecular complexity index is 994. The smallest absolute Gasteiger partial charge is 0.341 e. The number of hydrogen-bond donors (Lipinski definition) is 1. The van der Waals surface area contributed by atoms with E-state index < -0.39 is 21.8 Å². The maximum atomic E-state index is 12.6. The Morgan fingerprint density at radius 3 is 2.07 bits per heavy atom. The predicted octanol–water partition coefficient (Wildman–Crippen LogP) is 3.96. The van der Waals surface area contributed by atoms with Crippen molar-refractivity contribution in [2.45, 2.75) is 44.8 Å². The number of aryl methyl sites for hydroxylation is 3. The van der Waals surface area contributed by atoms with Gasteiger partial charge in [0.05, 0.1) is 10.5 Å². The van der Waals surface area contributed by atoms with E-state index in [1.165, 1.54) is 24.1 Å². The Balaban J connectivity index is 1.94. The standard InChI is InChI=1S/C21H25F3N2O3S/c1-14-11-15(2)20(16(3)12-14)30(28,29)25-10-9-19(27)26(4)13-17-5-7-18(8-6-17)21(22,23)24/h5-8,11-12,25H,9-10,13H2,1-4H3. The van der Waals surface area contributed by atoms with E-state index in [-0.39, 0.29) is 30.3 Å². The van der Waals surface area contributed by atoms with E-state index in [9.17, 15) is 26.4 Å². The third-order valence-electron chi connectivity index (χ3n) is 4.63. The molecule has 164 valence electrons. The molecule has 0 aliphatic carbocycles. The first-order valence-corrected chi connectivity index (χ1v) is 10.8. The molecule has 0 saturated heterocycles. The van der Waals surface area contributed by atoms with Crippen molar-refractivity contribution in [1.82, 2.24) is 9.62 Å². The van der Waals surface area contributed by atoms with Crippen LogP contribution in [-0.2, 0) is 27.5 Å². The number of nitrogens with zero attached hydrogens (tertiary/aromatic N) is 1. The first-order chi connectivity index (χ1) is 13.8. The second kappa shape index (κ2) is 9.18. The van der Waals surface area contributed by atoms with Gasteiger partial charge in [0.15, 0.2) is 0 Å². The summed E-state index contributed by atoms with van der Waals surface area (Å²) in [7, 11) is -2.25. The predicted molar refractivity (Wildman–Crippen MR) is 108 cm³/mol. The van der Waals surface area contributed by atoms with Gasteiger partial charge < -0.3 is 4.90 Å². The van der Waals surface area contributed by atoms with Gasteiger partial charge in [-0.15, -0.1) is 0 Å². The lowest BCUT2D eigenvalue weighted by Crippen LogP contribution is -2.32. The SMILES string of the molecule is Cc1cc(C)c(S(=O)(=O)NCCC(=O)N(C)Cc2ccc(C(F)(F)F)cc2)c(C)c1. The van der Waals surface area contributed by atoms with Crippen LogP contribution < -0.4 is 4.72 Å². The van der Waals surface area contributed by atoms with Crippen LogP contribution in [0.5, 0.6) is 0 Å². The fourth-order valence-corrected chi connectivity index (χ4v) is 4.79. The lowest BCUT2D eigenvalue weighted by atomic mass is 10.1. The second-order valence-corrected chi connectivity index (χ2v) is 9.02. The van der Waals surface area contributed by atoms with Gasteiger partial charge in [-0.3, -0.25) is 4.79 Å². The fraction of sp³-hybridized carbons (Fsp3) is 0.381. The highest BCUT2D eigenvalue weighted by molar-refractivity contribution is 7.89. The molecular formula is C21H25F3N2O3S. The quantitative estimate of drug-likeness (QED) is 0.706. The number of amides is 1. The van der Waals surface area contributed by atoms with Crippen molar-refractivity contribution in [2.75, 3.05) is 13.6 Å². The number of alkyl halides is 3. The average Bonchev–Trinajstić information content (AvgIpc) is 2.59. The minimum Gasteiger partial charge on any atom is -0.341 e. The molecule has 0 heterocycles. The first-order valence-electron chi connectivity index (χ1n) is 9.29. The van der Waals surface area contributed by atoms with Crippen LogP contribution in [0.1, 0.15) is 34.2 Å². The van der Waals surface area contributed by atoms with E-state index in [0.717, 1.165) is 17.7 Å². The van der Waals surface area contributed by atoms with E-state index in [1.807, 2.05) is 6.92 Å². The van der Waals surface area contributed by atoms with Gasteiger partial charge in [-0.25, -0.2) is 13.1 Å². The number of hydrogen-bond acceptors (Lipinski definition) is 3. The van der Waals surface area contributed by atoms with Crippen molar-refractivity contribution in [3.8, 4) is 0 Å². The van der Waals surface area contributed by atoms with Crippen molar-refractivity contribution >= 4 is 15.9 Å². The van der Waals surface area contributed by atoms with Gasteiger partial charge in [-0.2, -0.15) is 13.2 Å². The van der Waals surface area contributed by atoms with Gasteiger partial charge in [0.2, 0.25) is 15.9 Å². The summed E-state index contributed by atoms with van der Waals surface area (Å²) in [6, 6.07) is 8.13. The van der Waals surface area contributed by atoms with E-state index in [2.05, 4.69) is 4.72 Å². The van der Waals surface area contributed by atoms with Crippen LogP contribution in [-0.4, -0.2) is 32.8 Å². The summed E-state index contributed by atoms with van der Waals surface area (Å²) < 4.78 is 65.5. The van der Waals surface area contributed by atoms with Crippen molar-refractivity contribution in [3.05, 3.63) is 64.2 Å². The number of nitrogens with one attached hydrogen (secondary N) is 1. The molecule has 0 fully saturated rings. The number of carbonyl (C=O) groups is 1. The van der Waals surface area contributed by atoms with Gasteiger partial charge in [0.1, 0.15) is 0 Å². The monoisotopic (exact) mass is 442 g/mol. The Morgan fingerprint density at radius 1 is 1.03 bits per heavy atom. The summed E-state index contributed by atoms with van der Waals surface area (Å²) in [4.78, 5) is 13.8. The van der Waals surface area contributed by atoms with Crippen LogP contribution >= 0.6 is 0 Å². The number of carbonyl (C=O) groups excluding carboxylic acids is 1. The molecule has 2 rings (SSSR count). The van der Waals surface area contributed by atoms with Gasteiger partial charge >= 0.3 is 6.18 Å². The largest absolute Gasteiger partial charge is 0.416 e. The molecule has 2 aromatic rings. The second-order valence-electron chi connectivity index (χ2n) is 7.32. The van der Waals surface area contributed by atoms with Gasteiger partial charge in [0.25, 0.3) is 0 Å². The molecule has 0 bridgehead atoms. The van der Waals surface area contributed by atoms with Crippen LogP contribution in [0.25, 0.3) is 0 Å². The van der Waals surface area contributed by atoms with Crippen LogP contribution in [0.4, 0.5) is 13.2 Å². The molecule has 0 unspecified atom stereocenters. The number of benzene rings is 2. The van der Waals surface area contributed by atoms with Gasteiger partial charge in [0, 0.05) is 26.6 Å². The van der Waals surface area contributed by atoms with Gasteiger partial charge in [-0.05, 0) is 49.6 Å². The lowest BCUT2D eigenvalue weighted by molar-refractivity contribution is -0.137. The van der Waals surface area contributed by atoms with Crippen LogP contribution in [0.2, 0.25) is 0 Å². The van der Waals surface area contributed by atoms with E-state index >= 15 is 0 Å². The summed E-state index contributed by atoms with van der Waals surface area (Å²) in [6.07, 6.45) is -4.48. The van der Waals surface area contributed by atoms with E-state index in [4.69, 9.17) is 0 Å². The lowest BCUT2D eigenvalue weighted by Gasteiger charge is -2.18. The summed E-state index contributed by atoms with van der Waals surface area (Å²) in [5.74, 6) is -0.324. The van der Waals surface area contributed by atoms with Crippen molar-refractivity contribution in [1.29, 1.82) is 0 Å². The van der Waals surface area contributed by atoms with Crippen LogP contribution in [0.3, 0.4) is 0 Å². The molecular weight excluding hydrogens is 417 g/mol. The van der Waals surface area contributed by atoms with Crippen molar-refractivity contribution in [2.24, 2.45) is 0 Å². The zero-order chi connectivity index (χ0) is 22.7. The summed E-state index contributed by atoms with van der Waals surface area (Å²) in [6.45, 7) is 5.37. The zero-order valence-electron chi connectivity index (χ0n) is 17.3. The Hall–Kier alpha value is -2.39. The summed E-state index contributed by atoms with van der Waals surface area (Å²) in [5, 5.41) is 0. The van der Waals surface area contributed by atoms with Crippen molar-refractivity contribution < 1.29 is 26.4 Å². The number of rotatable bonds is 7. The molecule has 30 heavy (non-hydrogen) atoms. The van der Waals surface area contributed by atoms with Crippen LogP contribution in [0.15, 0.2) is 41.3 Å². The maximum Gasteiger partial charge on any atom is 0.416 e. The van der Waals surface area contributed by atoms with E-state index in [1.54, 1.807) is 26.0 Å². The minimum atomic E-state index is -4.41. The third-order valence-corrected chi connectivity index (χ3v) is 6.40. The third kappa shape index (κ3) is 6.06. The molecule has 0 spiro atoms. The van der Waals surface area contributed by atoms with Crippen molar-refractivity contribution in [3.63, 3.8) is 0 Å². The fourth-order valence-electron chi connectivity index (χ4n) is 3.31. The molecule has 0 aliphatic heterocycles.